The van der Waals surface area contributed by atoms with Gasteiger partial charge in [-0.2, -0.15) is 0 Å². The lowest BCUT2D eigenvalue weighted by molar-refractivity contribution is 0.0300. The second kappa shape index (κ2) is 9.47. The lowest BCUT2D eigenvalue weighted by atomic mass is 10.2. The third kappa shape index (κ3) is 4.98. The molecule has 0 aliphatic carbocycles. The first-order valence-electron chi connectivity index (χ1n) is 9.91. The van der Waals surface area contributed by atoms with E-state index in [9.17, 15) is 13.2 Å². The predicted octanol–water partition coefficient (Wildman–Crippen LogP) is 2.00. The van der Waals surface area contributed by atoms with Crippen molar-refractivity contribution in [3.05, 3.63) is 48.0 Å². The van der Waals surface area contributed by atoms with E-state index in [-0.39, 0.29) is 24.0 Å². The van der Waals surface area contributed by atoms with Gasteiger partial charge in [-0.1, -0.05) is 12.1 Å². The summed E-state index contributed by atoms with van der Waals surface area (Å²) in [4.78, 5) is 15.4. The maximum Gasteiger partial charge on any atom is 0.255 e. The molecule has 2 aromatic rings. The monoisotopic (exact) mass is 464 g/mol. The second-order valence-corrected chi connectivity index (χ2v) is 9.73. The largest absolute Gasteiger partial charge is 0.486 e. The number of nitrogens with one attached hydrogen (secondary N) is 1. The van der Waals surface area contributed by atoms with Crippen LogP contribution in [0.25, 0.3) is 0 Å². The number of rotatable bonds is 6. The van der Waals surface area contributed by atoms with Crippen LogP contribution in [-0.2, 0) is 14.8 Å². The van der Waals surface area contributed by atoms with Gasteiger partial charge in [-0.3, -0.25) is 4.79 Å². The Bertz CT molecular complexity index is 1050. The van der Waals surface area contributed by atoms with E-state index >= 15 is 0 Å². The van der Waals surface area contributed by atoms with Crippen LogP contribution >= 0.6 is 11.8 Å². The Hall–Kier alpha value is -2.27. The second-order valence-electron chi connectivity index (χ2n) is 7.12. The van der Waals surface area contributed by atoms with Crippen LogP contribution in [0.1, 0.15) is 10.4 Å². The zero-order valence-electron chi connectivity index (χ0n) is 17.1. The number of carbonyl (C=O) groups is 1. The van der Waals surface area contributed by atoms with Gasteiger partial charge in [-0.25, -0.2) is 13.1 Å². The number of amides is 1. The Kier molecular flexibility index (Phi) is 6.71. The summed E-state index contributed by atoms with van der Waals surface area (Å²) in [7, 11) is -3.84. The Morgan fingerprint density at radius 2 is 1.90 bits per heavy atom. The molecule has 1 amide bonds. The average molecular weight is 465 g/mol. The summed E-state index contributed by atoms with van der Waals surface area (Å²) < 4.78 is 45.1. The Morgan fingerprint density at radius 1 is 1.16 bits per heavy atom. The zero-order valence-corrected chi connectivity index (χ0v) is 18.7. The van der Waals surface area contributed by atoms with Crippen molar-refractivity contribution in [3.8, 4) is 11.5 Å². The van der Waals surface area contributed by atoms with Crippen molar-refractivity contribution in [3.63, 3.8) is 0 Å². The van der Waals surface area contributed by atoms with Crippen molar-refractivity contribution >= 4 is 27.7 Å². The van der Waals surface area contributed by atoms with Crippen LogP contribution in [0.15, 0.2) is 52.3 Å². The van der Waals surface area contributed by atoms with Gasteiger partial charge < -0.3 is 19.1 Å². The van der Waals surface area contributed by atoms with E-state index in [1.807, 2.05) is 18.4 Å². The number of thioether (sulfide) groups is 1. The summed E-state index contributed by atoms with van der Waals surface area (Å²) in [6.45, 7) is 2.23. The number of hydrogen-bond acceptors (Lipinski definition) is 7. The van der Waals surface area contributed by atoms with Gasteiger partial charge in [0, 0.05) is 18.0 Å². The molecule has 0 spiro atoms. The highest BCUT2D eigenvalue weighted by molar-refractivity contribution is 7.98. The Labute approximate surface area is 185 Å². The van der Waals surface area contributed by atoms with E-state index in [2.05, 4.69) is 4.72 Å². The van der Waals surface area contributed by atoms with Crippen molar-refractivity contribution in [2.24, 2.45) is 0 Å². The van der Waals surface area contributed by atoms with Gasteiger partial charge in [-0.15, -0.1) is 11.8 Å². The van der Waals surface area contributed by atoms with Crippen molar-refractivity contribution < 1.29 is 27.4 Å². The zero-order chi connectivity index (χ0) is 21.8. The third-order valence-corrected chi connectivity index (χ3v) is 7.30. The quantitative estimate of drug-likeness (QED) is 0.654. The molecular weight excluding hydrogens is 440 g/mol. The lowest BCUT2D eigenvalue weighted by Crippen LogP contribution is -2.41. The van der Waals surface area contributed by atoms with E-state index in [0.717, 1.165) is 4.90 Å². The number of ether oxygens (including phenoxy) is 3. The molecule has 166 valence electrons. The number of sulfonamides is 1. The van der Waals surface area contributed by atoms with Crippen molar-refractivity contribution in [2.75, 3.05) is 45.7 Å². The molecule has 0 saturated carbocycles. The Morgan fingerprint density at radius 3 is 2.65 bits per heavy atom. The first-order valence-corrected chi connectivity index (χ1v) is 12.6. The molecular formula is C21H24N2O6S2. The Balaban J connectivity index is 1.48. The maximum atomic E-state index is 13.0. The van der Waals surface area contributed by atoms with Crippen LogP contribution < -0.4 is 14.2 Å². The van der Waals surface area contributed by atoms with Crippen LogP contribution in [0, 0.1) is 0 Å². The topological polar surface area (TPSA) is 94.2 Å². The average Bonchev–Trinajstić information content (AvgIpc) is 2.82. The molecule has 0 unspecified atom stereocenters. The van der Waals surface area contributed by atoms with E-state index in [0.29, 0.717) is 43.4 Å². The minimum absolute atomic E-state index is 0.0408. The van der Waals surface area contributed by atoms with E-state index in [1.165, 1.54) is 23.9 Å². The first-order chi connectivity index (χ1) is 15.0. The van der Waals surface area contributed by atoms with E-state index < -0.39 is 16.1 Å². The fourth-order valence-corrected chi connectivity index (χ4v) is 5.07. The van der Waals surface area contributed by atoms with Crippen LogP contribution in [0.5, 0.6) is 11.5 Å². The van der Waals surface area contributed by atoms with Gasteiger partial charge in [-0.05, 0) is 36.6 Å². The highest BCUT2D eigenvalue weighted by Crippen LogP contribution is 2.31. The molecule has 1 fully saturated rings. The molecule has 1 atom stereocenters. The van der Waals surface area contributed by atoms with Gasteiger partial charge in [0.25, 0.3) is 5.91 Å². The van der Waals surface area contributed by atoms with Crippen LogP contribution in [0.3, 0.4) is 0 Å². The fraction of sp³-hybridized carbons (Fsp3) is 0.381. The highest BCUT2D eigenvalue weighted by Gasteiger charge is 2.26. The number of nitrogens with zero attached hydrogens (tertiary/aromatic N) is 1. The first kappa shape index (κ1) is 21.9. The minimum Gasteiger partial charge on any atom is -0.486 e. The summed E-state index contributed by atoms with van der Waals surface area (Å²) in [6.07, 6.45) is 1.40. The highest BCUT2D eigenvalue weighted by atomic mass is 32.2. The molecule has 1 saturated heterocycles. The van der Waals surface area contributed by atoms with Gasteiger partial charge in [0.2, 0.25) is 10.0 Å². The van der Waals surface area contributed by atoms with Crippen molar-refractivity contribution in [2.45, 2.75) is 15.9 Å². The fourth-order valence-electron chi connectivity index (χ4n) is 3.41. The normalized spacial score (nSPS) is 18.6. The molecule has 4 rings (SSSR count). The maximum absolute atomic E-state index is 13.0. The minimum atomic E-state index is -3.84. The number of benzene rings is 2. The van der Waals surface area contributed by atoms with Crippen molar-refractivity contribution in [1.29, 1.82) is 0 Å². The van der Waals surface area contributed by atoms with Gasteiger partial charge in [0.1, 0.15) is 12.7 Å². The predicted molar refractivity (Wildman–Crippen MR) is 116 cm³/mol. The molecule has 31 heavy (non-hydrogen) atoms. The standard InChI is InChI=1S/C21H24N2O6S2/c1-30-20-7-6-16(12-17(20)21(24)23-8-10-27-11-9-23)31(25,26)22-13-15-14-28-18-4-2-3-5-19(18)29-15/h2-7,12,15,22H,8-11,13-14H2,1H3/t15-/m1/s1. The van der Waals surface area contributed by atoms with Crippen LogP contribution in [-0.4, -0.2) is 71.0 Å². The van der Waals surface area contributed by atoms with Gasteiger partial charge in [0.15, 0.2) is 11.5 Å². The SMILES string of the molecule is CSc1ccc(S(=O)(=O)NC[C@@H]2COc3ccccc3O2)cc1C(=O)N1CCOCC1. The number of carbonyl (C=O) groups excluding carboxylic acids is 1. The summed E-state index contributed by atoms with van der Waals surface area (Å²) in [5.41, 5.74) is 0.378. The molecule has 0 bridgehead atoms. The summed E-state index contributed by atoms with van der Waals surface area (Å²) in [6, 6.07) is 11.9. The number of fused-ring (bicyclic) bond motifs is 1. The summed E-state index contributed by atoms with van der Waals surface area (Å²) in [5, 5.41) is 0. The molecule has 8 nitrogen and oxygen atoms in total. The molecule has 2 heterocycles. The van der Waals surface area contributed by atoms with E-state index in [4.69, 9.17) is 14.2 Å². The smallest absolute Gasteiger partial charge is 0.255 e. The van der Waals surface area contributed by atoms with Gasteiger partial charge in [0.05, 0.1) is 30.2 Å². The van der Waals surface area contributed by atoms with Crippen molar-refractivity contribution in [1.82, 2.24) is 9.62 Å². The van der Waals surface area contributed by atoms with E-state index in [1.54, 1.807) is 23.1 Å². The van der Waals surface area contributed by atoms with Gasteiger partial charge >= 0.3 is 0 Å². The molecule has 1 N–H and O–H groups in total. The number of morpholine rings is 1. The number of hydrogen-bond donors (Lipinski definition) is 1. The third-order valence-electron chi connectivity index (χ3n) is 5.08. The molecule has 0 aromatic heterocycles. The molecule has 2 aromatic carbocycles. The van der Waals surface area contributed by atoms with Crippen LogP contribution in [0.4, 0.5) is 0 Å². The molecule has 2 aliphatic rings. The summed E-state index contributed by atoms with van der Waals surface area (Å²) in [5.74, 6) is 1.03. The lowest BCUT2D eigenvalue weighted by Gasteiger charge is -2.28. The molecule has 2 aliphatic heterocycles. The number of para-hydroxylation sites is 2. The summed E-state index contributed by atoms with van der Waals surface area (Å²) >= 11 is 1.41. The molecule has 10 heteroatoms. The van der Waals surface area contributed by atoms with Crippen LogP contribution in [0.2, 0.25) is 0 Å². The molecule has 0 radical (unpaired) electrons.